The Morgan fingerprint density at radius 2 is 2.06 bits per heavy atom. The zero-order valence-corrected chi connectivity index (χ0v) is 10.8. The summed E-state index contributed by atoms with van der Waals surface area (Å²) in [5, 5.41) is 9.77. The Morgan fingerprint density at radius 1 is 1.41 bits per heavy atom. The molecule has 1 heterocycles. The topological polar surface area (TPSA) is 40.5 Å². The minimum atomic E-state index is -0.782. The highest BCUT2D eigenvalue weighted by molar-refractivity contribution is 6.07. The summed E-state index contributed by atoms with van der Waals surface area (Å²) in [6, 6.07) is 6.07. The fourth-order valence-corrected chi connectivity index (χ4v) is 2.42. The van der Waals surface area contributed by atoms with Gasteiger partial charge in [0.1, 0.15) is 6.23 Å². The van der Waals surface area contributed by atoms with Crippen LogP contribution in [0.4, 0.5) is 5.69 Å². The molecule has 3 nitrogen and oxygen atoms in total. The highest BCUT2D eigenvalue weighted by Crippen LogP contribution is 2.42. The van der Waals surface area contributed by atoms with E-state index in [2.05, 4.69) is 13.0 Å². The molecule has 0 radical (unpaired) electrons. The van der Waals surface area contributed by atoms with Gasteiger partial charge in [0.2, 0.25) is 5.91 Å². The Hall–Kier alpha value is -1.35. The third-order valence-corrected chi connectivity index (χ3v) is 3.53. The van der Waals surface area contributed by atoms with Crippen LogP contribution in [0.25, 0.3) is 0 Å². The van der Waals surface area contributed by atoms with Gasteiger partial charge in [0.05, 0.1) is 11.1 Å². The molecular formula is C14H19NO2. The number of carbonyl (C=O) groups is 1. The van der Waals surface area contributed by atoms with Crippen LogP contribution in [0.3, 0.4) is 0 Å². The van der Waals surface area contributed by atoms with Gasteiger partial charge in [-0.05, 0) is 44.4 Å². The molecule has 1 aliphatic rings. The summed E-state index contributed by atoms with van der Waals surface area (Å²) in [6.45, 7) is 7.52. The standard InChI is InChI=1S/C14H19NO2/c1-5-10-6-7-11-12(8-10)15(9(2)16)13(17)14(11,3)4/h6-9,16H,5H2,1-4H3. The van der Waals surface area contributed by atoms with Crippen LogP contribution in [-0.4, -0.2) is 17.2 Å². The molecule has 1 atom stereocenters. The highest BCUT2D eigenvalue weighted by atomic mass is 16.3. The molecule has 1 N–H and O–H groups in total. The molecule has 17 heavy (non-hydrogen) atoms. The van der Waals surface area contributed by atoms with E-state index in [0.717, 1.165) is 17.7 Å². The van der Waals surface area contributed by atoms with E-state index in [-0.39, 0.29) is 5.91 Å². The molecule has 0 aromatic heterocycles. The summed E-state index contributed by atoms with van der Waals surface area (Å²) in [4.78, 5) is 13.8. The molecule has 1 unspecified atom stereocenters. The molecule has 1 aliphatic heterocycles. The van der Waals surface area contributed by atoms with Crippen molar-refractivity contribution in [3.63, 3.8) is 0 Å². The number of rotatable bonds is 2. The Kier molecular flexibility index (Phi) is 2.74. The van der Waals surface area contributed by atoms with Crippen molar-refractivity contribution in [1.29, 1.82) is 0 Å². The van der Waals surface area contributed by atoms with Gasteiger partial charge in [0.25, 0.3) is 0 Å². The van der Waals surface area contributed by atoms with Gasteiger partial charge < -0.3 is 5.11 Å². The van der Waals surface area contributed by atoms with Crippen LogP contribution in [0.1, 0.15) is 38.8 Å². The van der Waals surface area contributed by atoms with Gasteiger partial charge in [-0.25, -0.2) is 0 Å². The second kappa shape index (κ2) is 3.84. The Morgan fingerprint density at radius 3 is 2.59 bits per heavy atom. The maximum atomic E-state index is 12.3. The lowest BCUT2D eigenvalue weighted by Crippen LogP contribution is -2.41. The van der Waals surface area contributed by atoms with E-state index in [4.69, 9.17) is 0 Å². The Labute approximate surface area is 102 Å². The first kappa shape index (κ1) is 12.1. The zero-order chi connectivity index (χ0) is 12.8. The smallest absolute Gasteiger partial charge is 0.239 e. The quantitative estimate of drug-likeness (QED) is 0.850. The number of nitrogens with zero attached hydrogens (tertiary/aromatic N) is 1. The van der Waals surface area contributed by atoms with Crippen LogP contribution in [-0.2, 0) is 16.6 Å². The van der Waals surface area contributed by atoms with Crippen molar-refractivity contribution in [2.45, 2.75) is 45.8 Å². The minimum absolute atomic E-state index is 0.0317. The van der Waals surface area contributed by atoms with Gasteiger partial charge in [-0.3, -0.25) is 9.69 Å². The van der Waals surface area contributed by atoms with Gasteiger partial charge in [-0.2, -0.15) is 0 Å². The maximum absolute atomic E-state index is 12.3. The van der Waals surface area contributed by atoms with E-state index in [1.54, 1.807) is 6.92 Å². The van der Waals surface area contributed by atoms with Gasteiger partial charge in [0.15, 0.2) is 0 Å². The van der Waals surface area contributed by atoms with Crippen molar-refractivity contribution in [2.75, 3.05) is 4.90 Å². The molecular weight excluding hydrogens is 214 g/mol. The predicted molar refractivity (Wildman–Crippen MR) is 68.0 cm³/mol. The lowest BCUT2D eigenvalue weighted by atomic mass is 9.86. The van der Waals surface area contributed by atoms with Crippen LogP contribution in [0.5, 0.6) is 0 Å². The Balaban J connectivity index is 2.62. The van der Waals surface area contributed by atoms with E-state index in [1.165, 1.54) is 10.5 Å². The SMILES string of the molecule is CCc1ccc2c(c1)N(C(C)O)C(=O)C2(C)C. The first-order valence-corrected chi connectivity index (χ1v) is 6.04. The number of hydrogen-bond acceptors (Lipinski definition) is 2. The van der Waals surface area contributed by atoms with E-state index in [9.17, 15) is 9.90 Å². The second-order valence-electron chi connectivity index (χ2n) is 5.14. The monoisotopic (exact) mass is 233 g/mol. The summed E-state index contributed by atoms with van der Waals surface area (Å²) in [5.74, 6) is -0.0317. The molecule has 0 fully saturated rings. The summed E-state index contributed by atoms with van der Waals surface area (Å²) in [6.07, 6.45) is 0.144. The number of fused-ring (bicyclic) bond motifs is 1. The highest BCUT2D eigenvalue weighted by Gasteiger charge is 2.45. The van der Waals surface area contributed by atoms with E-state index >= 15 is 0 Å². The van der Waals surface area contributed by atoms with E-state index in [1.807, 2.05) is 26.0 Å². The van der Waals surface area contributed by atoms with Gasteiger partial charge in [-0.15, -0.1) is 0 Å². The first-order chi connectivity index (χ1) is 7.89. The summed E-state index contributed by atoms with van der Waals surface area (Å²) < 4.78 is 0. The Bertz CT molecular complexity index is 463. The number of aryl methyl sites for hydroxylation is 1. The molecule has 3 heteroatoms. The average molecular weight is 233 g/mol. The molecule has 92 valence electrons. The van der Waals surface area contributed by atoms with Crippen molar-refractivity contribution in [2.24, 2.45) is 0 Å². The largest absolute Gasteiger partial charge is 0.373 e. The lowest BCUT2D eigenvalue weighted by Gasteiger charge is -2.23. The molecule has 1 aromatic carbocycles. The fourth-order valence-electron chi connectivity index (χ4n) is 2.42. The predicted octanol–water partition coefficient (Wildman–Crippen LogP) is 2.21. The molecule has 0 spiro atoms. The number of amides is 1. The molecule has 0 saturated heterocycles. The molecule has 0 aliphatic carbocycles. The molecule has 2 rings (SSSR count). The minimum Gasteiger partial charge on any atom is -0.373 e. The van der Waals surface area contributed by atoms with Gasteiger partial charge in [0, 0.05) is 0 Å². The summed E-state index contributed by atoms with van der Waals surface area (Å²) in [7, 11) is 0. The van der Waals surface area contributed by atoms with Crippen molar-refractivity contribution in [1.82, 2.24) is 0 Å². The summed E-state index contributed by atoms with van der Waals surface area (Å²) >= 11 is 0. The van der Waals surface area contributed by atoms with E-state index < -0.39 is 11.6 Å². The third kappa shape index (κ3) is 1.65. The summed E-state index contributed by atoms with van der Waals surface area (Å²) in [5.41, 5.74) is 2.49. The fraction of sp³-hybridized carbons (Fsp3) is 0.500. The molecule has 0 bridgehead atoms. The number of hydrogen-bond donors (Lipinski definition) is 1. The van der Waals surface area contributed by atoms with Crippen molar-refractivity contribution >= 4 is 11.6 Å². The first-order valence-electron chi connectivity index (χ1n) is 6.04. The zero-order valence-electron chi connectivity index (χ0n) is 10.8. The number of anilines is 1. The number of aliphatic hydroxyl groups excluding tert-OH is 1. The van der Waals surface area contributed by atoms with Crippen LogP contribution in [0, 0.1) is 0 Å². The van der Waals surface area contributed by atoms with Crippen molar-refractivity contribution < 1.29 is 9.90 Å². The van der Waals surface area contributed by atoms with E-state index in [0.29, 0.717) is 0 Å². The second-order valence-corrected chi connectivity index (χ2v) is 5.14. The van der Waals surface area contributed by atoms with Crippen LogP contribution < -0.4 is 4.90 Å². The average Bonchev–Trinajstić information content (AvgIpc) is 2.47. The number of benzene rings is 1. The van der Waals surface area contributed by atoms with Crippen molar-refractivity contribution in [3.05, 3.63) is 29.3 Å². The maximum Gasteiger partial charge on any atom is 0.239 e. The van der Waals surface area contributed by atoms with Crippen LogP contribution in [0.2, 0.25) is 0 Å². The van der Waals surface area contributed by atoms with Crippen LogP contribution >= 0.6 is 0 Å². The number of carbonyl (C=O) groups excluding carboxylic acids is 1. The third-order valence-electron chi connectivity index (χ3n) is 3.53. The molecule has 1 amide bonds. The van der Waals surface area contributed by atoms with Gasteiger partial charge in [-0.1, -0.05) is 19.1 Å². The van der Waals surface area contributed by atoms with Crippen molar-refractivity contribution in [3.8, 4) is 0 Å². The van der Waals surface area contributed by atoms with Crippen LogP contribution in [0.15, 0.2) is 18.2 Å². The van der Waals surface area contributed by atoms with Gasteiger partial charge >= 0.3 is 0 Å². The molecule has 0 saturated carbocycles. The normalized spacial score (nSPS) is 19.4. The lowest BCUT2D eigenvalue weighted by molar-refractivity contribution is -0.123. The molecule has 1 aromatic rings. The number of aliphatic hydroxyl groups is 1.